The van der Waals surface area contributed by atoms with Gasteiger partial charge in [-0.15, -0.1) is 0 Å². The minimum absolute atomic E-state index is 0.0863. The summed E-state index contributed by atoms with van der Waals surface area (Å²) in [5.41, 5.74) is 13.9. The second-order valence-corrected chi connectivity index (χ2v) is 6.17. The predicted octanol–water partition coefficient (Wildman–Crippen LogP) is 0.123. The van der Waals surface area contributed by atoms with E-state index in [4.69, 9.17) is 5.73 Å². The summed E-state index contributed by atoms with van der Waals surface area (Å²) in [6, 6.07) is 2.09. The highest BCUT2D eigenvalue weighted by atomic mass is 16.3. The van der Waals surface area contributed by atoms with E-state index in [1.54, 1.807) is 6.20 Å². The van der Waals surface area contributed by atoms with Crippen molar-refractivity contribution in [2.24, 2.45) is 0 Å². The lowest BCUT2D eigenvalue weighted by molar-refractivity contribution is 0.212. The highest BCUT2D eigenvalue weighted by Gasteiger charge is 2.42. The first-order chi connectivity index (χ1) is 11.5. The van der Waals surface area contributed by atoms with Gasteiger partial charge in [-0.25, -0.2) is 15.8 Å². The maximum Gasteiger partial charge on any atom is 0.162 e. The molecule has 1 aliphatic rings. The Morgan fingerprint density at radius 3 is 2.88 bits per heavy atom. The molecule has 1 unspecified atom stereocenters. The number of hydrazine groups is 1. The molecule has 2 aromatic rings. The summed E-state index contributed by atoms with van der Waals surface area (Å²) in [6.45, 7) is 3.99. The zero-order chi connectivity index (χ0) is 17.3. The zero-order valence-electron chi connectivity index (χ0n) is 13.8. The third-order valence-electron chi connectivity index (χ3n) is 4.31. The first-order valence-electron chi connectivity index (χ1n) is 8.00. The van der Waals surface area contributed by atoms with E-state index in [1.807, 2.05) is 13.8 Å². The Kier molecular flexibility index (Phi) is 4.28. The fourth-order valence-corrected chi connectivity index (χ4v) is 2.50. The van der Waals surface area contributed by atoms with Crippen LogP contribution in [0.2, 0.25) is 0 Å². The largest absolute Gasteiger partial charge is 0.394 e. The lowest BCUT2D eigenvalue weighted by atomic mass is 10.2. The van der Waals surface area contributed by atoms with Gasteiger partial charge in [-0.05, 0) is 26.2 Å². The molecule has 0 saturated heterocycles. The predicted molar refractivity (Wildman–Crippen MR) is 89.9 cm³/mol. The van der Waals surface area contributed by atoms with E-state index in [2.05, 4.69) is 32.3 Å². The molecule has 1 atom stereocenters. The van der Waals surface area contributed by atoms with Gasteiger partial charge in [0.25, 0.3) is 0 Å². The first-order valence-corrected chi connectivity index (χ1v) is 8.00. The monoisotopic (exact) mass is 330 g/mol. The van der Waals surface area contributed by atoms with Crippen molar-refractivity contribution < 1.29 is 5.11 Å². The number of aliphatic hydroxyl groups is 1. The molecule has 128 valence electrons. The molecule has 0 aromatic carbocycles. The van der Waals surface area contributed by atoms with Crippen molar-refractivity contribution in [2.75, 3.05) is 17.7 Å². The topological polar surface area (TPSA) is 136 Å². The average Bonchev–Trinajstić information content (AvgIpc) is 3.25. The smallest absolute Gasteiger partial charge is 0.162 e. The Morgan fingerprint density at radius 1 is 1.54 bits per heavy atom. The lowest BCUT2D eigenvalue weighted by Gasteiger charge is -2.22. The number of hydrogen-bond donors (Lipinski definition) is 5. The number of nitrogens with one attached hydrogen (secondary N) is 3. The number of hydrogen-bond acceptors (Lipinski definition) is 8. The quantitative estimate of drug-likeness (QED) is 0.357. The number of anilines is 2. The molecule has 24 heavy (non-hydrogen) atoms. The number of nitrogen functional groups attached to an aromatic ring is 1. The normalized spacial score (nSPS) is 16.8. The van der Waals surface area contributed by atoms with Gasteiger partial charge in [0.15, 0.2) is 11.5 Å². The molecule has 1 fully saturated rings. The number of fused-ring (bicyclic) bond motifs is 1. The van der Waals surface area contributed by atoms with Crippen molar-refractivity contribution >= 4 is 17.3 Å². The molecule has 6 N–H and O–H groups in total. The molecular formula is C15H22N8O. The summed E-state index contributed by atoms with van der Waals surface area (Å²) in [7, 11) is 0. The standard InChI is InChI=1S/C15H22N8O/c1-3-10-7-18-23-12(17)11(6-16)13(20-14(10)23)19-9(2)21-22-15(8-24)4-5-15/h7,9,21-22,24H,3-5,8,17H2,1-2H3,(H,19,20). The van der Waals surface area contributed by atoms with Crippen LogP contribution in [0.15, 0.2) is 6.20 Å². The SMILES string of the molecule is CCc1cnn2c(N)c(C#N)c(NC(C)NNC3(CO)CC3)nc12. The van der Waals surface area contributed by atoms with Crippen LogP contribution in [-0.2, 0) is 6.42 Å². The molecule has 1 aliphatic carbocycles. The average molecular weight is 330 g/mol. The van der Waals surface area contributed by atoms with Gasteiger partial charge in [-0.1, -0.05) is 6.92 Å². The number of nitrogens with zero attached hydrogens (tertiary/aromatic N) is 4. The van der Waals surface area contributed by atoms with Crippen molar-refractivity contribution in [1.29, 1.82) is 5.26 Å². The summed E-state index contributed by atoms with van der Waals surface area (Å²) in [6.07, 6.45) is 4.13. The maximum atomic E-state index is 9.42. The number of nitrogens with two attached hydrogens (primary N) is 1. The van der Waals surface area contributed by atoms with E-state index in [9.17, 15) is 10.4 Å². The van der Waals surface area contributed by atoms with Crippen LogP contribution in [0.25, 0.3) is 5.65 Å². The Hall–Kier alpha value is -2.41. The van der Waals surface area contributed by atoms with Gasteiger partial charge in [0.05, 0.1) is 24.5 Å². The summed E-state index contributed by atoms with van der Waals surface area (Å²) in [4.78, 5) is 4.53. The Bertz CT molecular complexity index is 789. The van der Waals surface area contributed by atoms with Crippen molar-refractivity contribution in [3.63, 3.8) is 0 Å². The van der Waals surface area contributed by atoms with Crippen LogP contribution in [0.1, 0.15) is 37.8 Å². The molecule has 0 spiro atoms. The summed E-state index contributed by atoms with van der Waals surface area (Å²) in [5.74, 6) is 0.673. The van der Waals surface area contributed by atoms with Crippen LogP contribution < -0.4 is 21.9 Å². The molecule has 2 heterocycles. The van der Waals surface area contributed by atoms with Crippen molar-refractivity contribution in [2.45, 2.75) is 44.8 Å². The van der Waals surface area contributed by atoms with Crippen molar-refractivity contribution in [3.05, 3.63) is 17.3 Å². The van der Waals surface area contributed by atoms with Gasteiger partial charge >= 0.3 is 0 Å². The van der Waals surface area contributed by atoms with E-state index in [0.717, 1.165) is 24.8 Å². The lowest BCUT2D eigenvalue weighted by Crippen LogP contribution is -2.51. The van der Waals surface area contributed by atoms with Crippen LogP contribution >= 0.6 is 0 Å². The molecule has 1 saturated carbocycles. The Morgan fingerprint density at radius 2 is 2.29 bits per heavy atom. The zero-order valence-corrected chi connectivity index (χ0v) is 13.8. The van der Waals surface area contributed by atoms with E-state index in [1.165, 1.54) is 4.52 Å². The molecule has 9 nitrogen and oxygen atoms in total. The number of nitriles is 1. The fraction of sp³-hybridized carbons (Fsp3) is 0.533. The molecule has 0 amide bonds. The number of rotatable bonds is 7. The third-order valence-corrected chi connectivity index (χ3v) is 4.31. The van der Waals surface area contributed by atoms with Gasteiger partial charge in [0.1, 0.15) is 17.5 Å². The van der Waals surface area contributed by atoms with Crippen molar-refractivity contribution in [3.8, 4) is 6.07 Å². The Labute approximate surface area is 139 Å². The highest BCUT2D eigenvalue weighted by Crippen LogP contribution is 2.33. The van der Waals surface area contributed by atoms with Crippen LogP contribution in [0.4, 0.5) is 11.6 Å². The third kappa shape index (κ3) is 2.87. The van der Waals surface area contributed by atoms with Crippen LogP contribution in [-0.4, -0.2) is 38.0 Å². The van der Waals surface area contributed by atoms with Crippen LogP contribution in [0.3, 0.4) is 0 Å². The molecular weight excluding hydrogens is 308 g/mol. The second-order valence-electron chi connectivity index (χ2n) is 6.17. The molecule has 2 aromatic heterocycles. The van der Waals surface area contributed by atoms with E-state index < -0.39 is 0 Å². The minimum Gasteiger partial charge on any atom is -0.394 e. The molecule has 9 heteroatoms. The molecule has 0 radical (unpaired) electrons. The van der Waals surface area contributed by atoms with E-state index >= 15 is 0 Å². The van der Waals surface area contributed by atoms with Crippen LogP contribution in [0, 0.1) is 11.3 Å². The summed E-state index contributed by atoms with van der Waals surface area (Å²) < 4.78 is 1.49. The van der Waals surface area contributed by atoms with Gasteiger partial charge in [0, 0.05) is 5.56 Å². The van der Waals surface area contributed by atoms with Crippen molar-refractivity contribution in [1.82, 2.24) is 25.4 Å². The molecule has 0 aliphatic heterocycles. The minimum atomic E-state index is -0.231. The van der Waals surface area contributed by atoms with Gasteiger partial charge in [-0.2, -0.15) is 14.9 Å². The van der Waals surface area contributed by atoms with E-state index in [0.29, 0.717) is 11.5 Å². The molecule has 0 bridgehead atoms. The van der Waals surface area contributed by atoms with Crippen LogP contribution in [0.5, 0.6) is 0 Å². The summed E-state index contributed by atoms with van der Waals surface area (Å²) >= 11 is 0. The first kappa shape index (κ1) is 16.4. The highest BCUT2D eigenvalue weighted by molar-refractivity contribution is 5.69. The van der Waals surface area contributed by atoms with E-state index in [-0.39, 0.29) is 29.7 Å². The number of aryl methyl sites for hydroxylation is 1. The van der Waals surface area contributed by atoms with Gasteiger partial charge < -0.3 is 16.2 Å². The number of aliphatic hydroxyl groups excluding tert-OH is 1. The van der Waals surface area contributed by atoms with Gasteiger partial charge in [-0.3, -0.25) is 0 Å². The second kappa shape index (κ2) is 6.24. The van der Waals surface area contributed by atoms with Gasteiger partial charge in [0.2, 0.25) is 0 Å². The summed E-state index contributed by atoms with van der Waals surface area (Å²) in [5, 5.41) is 26.1. The maximum absolute atomic E-state index is 9.42. The molecule has 3 rings (SSSR count). The fourth-order valence-electron chi connectivity index (χ4n) is 2.50. The Balaban J connectivity index is 1.83. The number of aromatic nitrogens is 3.